The quantitative estimate of drug-likeness (QED) is 0.514. The van der Waals surface area contributed by atoms with Crippen molar-refractivity contribution in [2.75, 3.05) is 50.4 Å². The molecule has 1 aliphatic heterocycles. The minimum Gasteiger partial charge on any atom is -0.495 e. The van der Waals surface area contributed by atoms with Gasteiger partial charge >= 0.3 is 0 Å². The SMILES string of the molecule is COc1ccc(N(CCCC(=O)NCCCN2CCCCCC2)S(C)(=O)=O)cc1Cl. The normalized spacial score (nSPS) is 15.4. The first-order valence-corrected chi connectivity index (χ1v) is 12.8. The van der Waals surface area contributed by atoms with Crippen molar-refractivity contribution in [1.82, 2.24) is 10.2 Å². The van der Waals surface area contributed by atoms with Gasteiger partial charge in [-0.15, -0.1) is 0 Å². The molecule has 1 N–H and O–H groups in total. The van der Waals surface area contributed by atoms with Crippen molar-refractivity contribution in [1.29, 1.82) is 0 Å². The summed E-state index contributed by atoms with van der Waals surface area (Å²) >= 11 is 6.13. The highest BCUT2D eigenvalue weighted by atomic mass is 35.5. The highest BCUT2D eigenvalue weighted by molar-refractivity contribution is 7.92. The summed E-state index contributed by atoms with van der Waals surface area (Å²) in [5.41, 5.74) is 0.459. The molecule has 9 heteroatoms. The lowest BCUT2D eigenvalue weighted by molar-refractivity contribution is -0.121. The summed E-state index contributed by atoms with van der Waals surface area (Å²) in [5.74, 6) is 0.431. The minimum atomic E-state index is -3.49. The van der Waals surface area contributed by atoms with E-state index in [1.165, 1.54) is 37.1 Å². The summed E-state index contributed by atoms with van der Waals surface area (Å²) in [5, 5.41) is 3.28. The average molecular weight is 460 g/mol. The molecule has 1 saturated heterocycles. The van der Waals surface area contributed by atoms with E-state index in [1.807, 2.05) is 0 Å². The van der Waals surface area contributed by atoms with Gasteiger partial charge in [-0.2, -0.15) is 0 Å². The fourth-order valence-electron chi connectivity index (χ4n) is 3.66. The van der Waals surface area contributed by atoms with Crippen LogP contribution >= 0.6 is 11.6 Å². The number of hydrogen-bond donors (Lipinski definition) is 1. The molecule has 0 radical (unpaired) electrons. The number of nitrogens with one attached hydrogen (secondary N) is 1. The van der Waals surface area contributed by atoms with Crippen molar-refractivity contribution in [3.05, 3.63) is 23.2 Å². The Morgan fingerprint density at radius 2 is 1.90 bits per heavy atom. The summed E-state index contributed by atoms with van der Waals surface area (Å²) in [7, 11) is -1.99. The van der Waals surface area contributed by atoms with E-state index >= 15 is 0 Å². The molecule has 1 heterocycles. The third-order valence-corrected chi connectivity index (χ3v) is 6.75. The molecule has 1 aromatic carbocycles. The number of halogens is 1. The maximum Gasteiger partial charge on any atom is 0.232 e. The minimum absolute atomic E-state index is 0.0490. The maximum absolute atomic E-state index is 12.2. The van der Waals surface area contributed by atoms with Crippen LogP contribution in [-0.2, 0) is 14.8 Å². The smallest absolute Gasteiger partial charge is 0.232 e. The van der Waals surface area contributed by atoms with E-state index in [-0.39, 0.29) is 18.9 Å². The fraction of sp³-hybridized carbons (Fsp3) is 0.667. The second-order valence-corrected chi connectivity index (χ2v) is 10.0. The lowest BCUT2D eigenvalue weighted by atomic mass is 10.2. The molecule has 0 saturated carbocycles. The zero-order valence-corrected chi connectivity index (χ0v) is 19.6. The summed E-state index contributed by atoms with van der Waals surface area (Å²) in [6.07, 6.45) is 7.96. The molecule has 0 aromatic heterocycles. The summed E-state index contributed by atoms with van der Waals surface area (Å²) < 4.78 is 30.8. The third kappa shape index (κ3) is 8.32. The number of hydrogen-bond acceptors (Lipinski definition) is 5. The lowest BCUT2D eigenvalue weighted by Gasteiger charge is -2.23. The van der Waals surface area contributed by atoms with Gasteiger partial charge in [0, 0.05) is 19.5 Å². The van der Waals surface area contributed by atoms with Crippen molar-refractivity contribution in [2.45, 2.75) is 44.9 Å². The molecule has 0 unspecified atom stereocenters. The Hall–Kier alpha value is -1.51. The zero-order valence-electron chi connectivity index (χ0n) is 18.0. The van der Waals surface area contributed by atoms with E-state index in [1.54, 1.807) is 18.2 Å². The number of anilines is 1. The Bertz CT molecular complexity index is 780. The van der Waals surface area contributed by atoms with Gasteiger partial charge in [0.1, 0.15) is 5.75 Å². The first-order chi connectivity index (χ1) is 14.3. The first-order valence-electron chi connectivity index (χ1n) is 10.6. The molecule has 1 fully saturated rings. The number of methoxy groups -OCH3 is 1. The molecular weight excluding hydrogens is 426 g/mol. The topological polar surface area (TPSA) is 79.0 Å². The molecule has 30 heavy (non-hydrogen) atoms. The van der Waals surface area contributed by atoms with E-state index in [9.17, 15) is 13.2 Å². The van der Waals surface area contributed by atoms with E-state index < -0.39 is 10.0 Å². The van der Waals surface area contributed by atoms with Gasteiger partial charge in [-0.1, -0.05) is 24.4 Å². The Morgan fingerprint density at radius 1 is 1.20 bits per heavy atom. The lowest BCUT2D eigenvalue weighted by Crippen LogP contribution is -2.33. The summed E-state index contributed by atoms with van der Waals surface area (Å²) in [6.45, 7) is 4.19. The van der Waals surface area contributed by atoms with Crippen molar-refractivity contribution < 1.29 is 17.9 Å². The molecule has 0 bridgehead atoms. The molecule has 1 aliphatic rings. The standard InChI is InChI=1S/C21H34ClN3O4S/c1-29-20-11-10-18(17-19(20)22)25(30(2,27)28)16-7-9-21(26)23-12-8-15-24-13-5-3-4-6-14-24/h10-11,17H,3-9,12-16H2,1-2H3,(H,23,26). The zero-order chi connectivity index (χ0) is 22.0. The number of carbonyl (C=O) groups excluding carboxylic acids is 1. The summed E-state index contributed by atoms with van der Waals surface area (Å²) in [6, 6.07) is 4.84. The van der Waals surface area contributed by atoms with Crippen LogP contribution in [0.4, 0.5) is 5.69 Å². The van der Waals surface area contributed by atoms with E-state index in [4.69, 9.17) is 16.3 Å². The van der Waals surface area contributed by atoms with E-state index in [2.05, 4.69) is 10.2 Å². The fourth-order valence-corrected chi connectivity index (χ4v) is 4.87. The molecule has 170 valence electrons. The van der Waals surface area contributed by atoms with Crippen molar-refractivity contribution >= 4 is 33.2 Å². The number of benzene rings is 1. The van der Waals surface area contributed by atoms with Gasteiger partial charge in [0.15, 0.2) is 0 Å². The van der Waals surface area contributed by atoms with Crippen LogP contribution in [0.3, 0.4) is 0 Å². The monoisotopic (exact) mass is 459 g/mol. The van der Waals surface area contributed by atoms with Crippen molar-refractivity contribution in [3.63, 3.8) is 0 Å². The highest BCUT2D eigenvalue weighted by Crippen LogP contribution is 2.30. The Kier molecular flexibility index (Phi) is 10.2. The number of nitrogens with zero attached hydrogens (tertiary/aromatic N) is 2. The Balaban J connectivity index is 1.75. The van der Waals surface area contributed by atoms with Crippen LogP contribution in [0.2, 0.25) is 5.02 Å². The van der Waals surface area contributed by atoms with Gasteiger partial charge in [-0.05, 0) is 63.5 Å². The number of likely N-dealkylation sites (tertiary alicyclic amines) is 1. The molecular formula is C21H34ClN3O4S. The van der Waals surface area contributed by atoms with Gasteiger partial charge in [0.25, 0.3) is 0 Å². The predicted molar refractivity (Wildman–Crippen MR) is 122 cm³/mol. The highest BCUT2D eigenvalue weighted by Gasteiger charge is 2.19. The van der Waals surface area contributed by atoms with Crippen LogP contribution in [0.1, 0.15) is 44.9 Å². The van der Waals surface area contributed by atoms with Crippen LogP contribution in [0, 0.1) is 0 Å². The van der Waals surface area contributed by atoms with Gasteiger partial charge < -0.3 is 15.0 Å². The van der Waals surface area contributed by atoms with Gasteiger partial charge in [0.05, 0.1) is 24.1 Å². The van der Waals surface area contributed by atoms with Crippen LogP contribution < -0.4 is 14.4 Å². The maximum atomic E-state index is 12.2. The van der Waals surface area contributed by atoms with E-state index in [0.717, 1.165) is 32.3 Å². The van der Waals surface area contributed by atoms with Gasteiger partial charge in [-0.25, -0.2) is 8.42 Å². The molecule has 1 aromatic rings. The molecule has 0 aliphatic carbocycles. The second kappa shape index (κ2) is 12.4. The van der Waals surface area contributed by atoms with Crippen LogP contribution in [-0.4, -0.2) is 65.3 Å². The predicted octanol–water partition coefficient (Wildman–Crippen LogP) is 3.28. The second-order valence-electron chi connectivity index (χ2n) is 7.72. The number of carbonyl (C=O) groups is 1. The third-order valence-electron chi connectivity index (χ3n) is 5.26. The molecule has 2 rings (SSSR count). The largest absolute Gasteiger partial charge is 0.495 e. The van der Waals surface area contributed by atoms with Crippen molar-refractivity contribution in [3.8, 4) is 5.75 Å². The Morgan fingerprint density at radius 3 is 2.50 bits per heavy atom. The van der Waals surface area contributed by atoms with Gasteiger partial charge in [0.2, 0.25) is 15.9 Å². The first kappa shape index (κ1) is 24.8. The molecule has 1 amide bonds. The summed E-state index contributed by atoms with van der Waals surface area (Å²) in [4.78, 5) is 14.6. The molecule has 0 atom stereocenters. The number of ether oxygens (including phenoxy) is 1. The van der Waals surface area contributed by atoms with Gasteiger partial charge in [-0.3, -0.25) is 9.10 Å². The van der Waals surface area contributed by atoms with Crippen LogP contribution in [0.5, 0.6) is 5.75 Å². The van der Waals surface area contributed by atoms with Crippen LogP contribution in [0.25, 0.3) is 0 Å². The van der Waals surface area contributed by atoms with Crippen LogP contribution in [0.15, 0.2) is 18.2 Å². The van der Waals surface area contributed by atoms with E-state index in [0.29, 0.717) is 29.4 Å². The number of rotatable bonds is 11. The Labute approximate surface area is 185 Å². The number of sulfonamides is 1. The number of amides is 1. The molecule has 7 nitrogen and oxygen atoms in total. The average Bonchev–Trinajstić information content (AvgIpc) is 2.96. The molecule has 0 spiro atoms. The van der Waals surface area contributed by atoms with Crippen molar-refractivity contribution in [2.24, 2.45) is 0 Å².